The van der Waals surface area contributed by atoms with Crippen LogP contribution in [0.5, 0.6) is 5.75 Å². The maximum atomic E-state index is 12.8. The molecule has 1 aliphatic heterocycles. The summed E-state index contributed by atoms with van der Waals surface area (Å²) >= 11 is 6.13. The summed E-state index contributed by atoms with van der Waals surface area (Å²) in [4.78, 5) is 26.4. The van der Waals surface area contributed by atoms with Gasteiger partial charge in [-0.05, 0) is 55.7 Å². The molecule has 3 rings (SSSR count). The number of phenolic OH excluding ortho intramolecular Hbond substituents is 1. The molecule has 0 fully saturated rings. The lowest BCUT2D eigenvalue weighted by Crippen LogP contribution is -2.33. The molecule has 6 heteroatoms. The molecular weight excluding hydrogens is 340 g/mol. The molecule has 1 heterocycles. The third kappa shape index (κ3) is 2.87. The zero-order valence-corrected chi connectivity index (χ0v) is 14.8. The Morgan fingerprint density at radius 1 is 1.04 bits per heavy atom. The highest BCUT2D eigenvalue weighted by molar-refractivity contribution is 6.53. The van der Waals surface area contributed by atoms with Crippen molar-refractivity contribution in [2.45, 2.75) is 20.8 Å². The van der Waals surface area contributed by atoms with E-state index in [9.17, 15) is 14.7 Å². The predicted octanol–water partition coefficient (Wildman–Crippen LogP) is 3.75. The summed E-state index contributed by atoms with van der Waals surface area (Å²) in [6, 6.07) is 10.3. The highest BCUT2D eigenvalue weighted by Gasteiger charge is 2.39. The van der Waals surface area contributed by atoms with E-state index in [1.54, 1.807) is 24.3 Å². The number of rotatable bonds is 3. The molecule has 0 atom stereocenters. The Kier molecular flexibility index (Phi) is 4.27. The zero-order chi connectivity index (χ0) is 18.3. The number of aromatic hydroxyl groups is 1. The molecule has 2 N–H and O–H groups in total. The summed E-state index contributed by atoms with van der Waals surface area (Å²) in [5.41, 5.74) is 3.45. The average Bonchev–Trinajstić information content (AvgIpc) is 2.77. The number of halogens is 1. The number of hydrogen-bond donors (Lipinski definition) is 2. The van der Waals surface area contributed by atoms with Crippen molar-refractivity contribution in [1.82, 2.24) is 0 Å². The highest BCUT2D eigenvalue weighted by Crippen LogP contribution is 2.34. The lowest BCUT2D eigenvalue weighted by molar-refractivity contribution is -0.120. The van der Waals surface area contributed by atoms with E-state index < -0.39 is 11.8 Å². The molecule has 0 bridgehead atoms. The van der Waals surface area contributed by atoms with Gasteiger partial charge in [0.25, 0.3) is 11.8 Å². The molecule has 2 amide bonds. The van der Waals surface area contributed by atoms with Gasteiger partial charge in [0, 0.05) is 0 Å². The minimum absolute atomic E-state index is 0.0343. The molecule has 2 aromatic rings. The normalized spacial score (nSPS) is 14.5. The SMILES string of the molecule is Cc1ccc(O)c(NC2=C(Cl)C(=O)N(c3cccc(C)c3C)C2=O)c1. The van der Waals surface area contributed by atoms with Crippen LogP contribution in [0.3, 0.4) is 0 Å². The summed E-state index contributed by atoms with van der Waals surface area (Å²) in [6.07, 6.45) is 0. The van der Waals surface area contributed by atoms with Crippen LogP contribution in [-0.4, -0.2) is 16.9 Å². The molecule has 1 aliphatic rings. The molecule has 0 saturated heterocycles. The fourth-order valence-corrected chi connectivity index (χ4v) is 2.91. The van der Waals surface area contributed by atoms with Crippen molar-refractivity contribution in [3.05, 3.63) is 63.8 Å². The molecule has 0 spiro atoms. The van der Waals surface area contributed by atoms with Gasteiger partial charge in [0.15, 0.2) is 0 Å². The zero-order valence-electron chi connectivity index (χ0n) is 14.1. The number of aryl methyl sites for hydroxylation is 2. The molecule has 0 aromatic heterocycles. The van der Waals surface area contributed by atoms with Crippen LogP contribution >= 0.6 is 11.6 Å². The number of nitrogens with zero attached hydrogens (tertiary/aromatic N) is 1. The molecule has 0 radical (unpaired) electrons. The van der Waals surface area contributed by atoms with Crippen molar-refractivity contribution in [1.29, 1.82) is 0 Å². The van der Waals surface area contributed by atoms with Gasteiger partial charge >= 0.3 is 0 Å². The second-order valence-electron chi connectivity index (χ2n) is 6.00. The lowest BCUT2D eigenvalue weighted by Gasteiger charge is -2.18. The molecule has 0 unspecified atom stereocenters. The van der Waals surface area contributed by atoms with Crippen LogP contribution in [0.4, 0.5) is 11.4 Å². The monoisotopic (exact) mass is 356 g/mol. The molecule has 2 aromatic carbocycles. The smallest absolute Gasteiger partial charge is 0.283 e. The largest absolute Gasteiger partial charge is 0.506 e. The standard InChI is InChI=1S/C19H17ClN2O3/c1-10-7-8-15(23)13(9-10)21-17-16(20)18(24)22(19(17)25)14-6-4-5-11(2)12(14)3/h4-9,21,23H,1-3H3. The summed E-state index contributed by atoms with van der Waals surface area (Å²) in [7, 11) is 0. The number of phenols is 1. The van der Waals surface area contributed by atoms with E-state index in [1.807, 2.05) is 26.8 Å². The Morgan fingerprint density at radius 3 is 2.48 bits per heavy atom. The van der Waals surface area contributed by atoms with Crippen LogP contribution in [0.15, 0.2) is 47.1 Å². The minimum atomic E-state index is -0.588. The Morgan fingerprint density at radius 2 is 1.76 bits per heavy atom. The lowest BCUT2D eigenvalue weighted by atomic mass is 10.1. The fourth-order valence-electron chi connectivity index (χ4n) is 2.69. The van der Waals surface area contributed by atoms with E-state index in [-0.39, 0.29) is 16.5 Å². The van der Waals surface area contributed by atoms with E-state index in [0.29, 0.717) is 11.4 Å². The molecule has 5 nitrogen and oxygen atoms in total. The van der Waals surface area contributed by atoms with E-state index >= 15 is 0 Å². The summed E-state index contributed by atoms with van der Waals surface area (Å²) in [5.74, 6) is -1.17. The number of carbonyl (C=O) groups is 2. The van der Waals surface area contributed by atoms with Crippen molar-refractivity contribution in [2.75, 3.05) is 10.2 Å². The number of amides is 2. The van der Waals surface area contributed by atoms with E-state index in [4.69, 9.17) is 11.6 Å². The summed E-state index contributed by atoms with van der Waals surface area (Å²) in [6.45, 7) is 5.60. The second-order valence-corrected chi connectivity index (χ2v) is 6.38. The van der Waals surface area contributed by atoms with Gasteiger partial charge in [0.05, 0.1) is 11.4 Å². The van der Waals surface area contributed by atoms with Crippen molar-refractivity contribution < 1.29 is 14.7 Å². The molecule has 0 aliphatic carbocycles. The second kappa shape index (κ2) is 6.26. The number of benzene rings is 2. The average molecular weight is 357 g/mol. The topological polar surface area (TPSA) is 69.6 Å². The Bertz CT molecular complexity index is 934. The fraction of sp³-hybridized carbons (Fsp3) is 0.158. The third-order valence-electron chi connectivity index (χ3n) is 4.26. The first-order chi connectivity index (χ1) is 11.8. The van der Waals surface area contributed by atoms with Crippen LogP contribution in [0.2, 0.25) is 0 Å². The minimum Gasteiger partial charge on any atom is -0.506 e. The maximum absolute atomic E-state index is 12.8. The van der Waals surface area contributed by atoms with Crippen molar-refractivity contribution in [2.24, 2.45) is 0 Å². The van der Waals surface area contributed by atoms with E-state index in [1.165, 1.54) is 6.07 Å². The van der Waals surface area contributed by atoms with Crippen LogP contribution in [0.1, 0.15) is 16.7 Å². The van der Waals surface area contributed by atoms with Crippen LogP contribution < -0.4 is 10.2 Å². The summed E-state index contributed by atoms with van der Waals surface area (Å²) < 4.78 is 0. The first-order valence-corrected chi connectivity index (χ1v) is 8.10. The highest BCUT2D eigenvalue weighted by atomic mass is 35.5. The van der Waals surface area contributed by atoms with E-state index in [0.717, 1.165) is 21.6 Å². The first kappa shape index (κ1) is 17.0. The molecular formula is C19H17ClN2O3. The number of anilines is 2. The van der Waals surface area contributed by atoms with Crippen molar-refractivity contribution in [3.63, 3.8) is 0 Å². The number of nitrogens with one attached hydrogen (secondary N) is 1. The van der Waals surface area contributed by atoms with Gasteiger partial charge in [-0.3, -0.25) is 9.59 Å². The first-order valence-electron chi connectivity index (χ1n) is 7.72. The number of imide groups is 1. The van der Waals surface area contributed by atoms with Gasteiger partial charge < -0.3 is 10.4 Å². The van der Waals surface area contributed by atoms with Crippen LogP contribution in [-0.2, 0) is 9.59 Å². The van der Waals surface area contributed by atoms with Crippen molar-refractivity contribution in [3.8, 4) is 5.75 Å². The van der Waals surface area contributed by atoms with E-state index in [2.05, 4.69) is 5.32 Å². The molecule has 25 heavy (non-hydrogen) atoms. The number of carbonyl (C=O) groups excluding carboxylic acids is 2. The third-order valence-corrected chi connectivity index (χ3v) is 4.61. The summed E-state index contributed by atoms with van der Waals surface area (Å²) in [5, 5.41) is 12.6. The van der Waals surface area contributed by atoms with Gasteiger partial charge in [-0.1, -0.05) is 29.8 Å². The van der Waals surface area contributed by atoms with Crippen LogP contribution in [0.25, 0.3) is 0 Å². The molecule has 0 saturated carbocycles. The Hall–Kier alpha value is -2.79. The van der Waals surface area contributed by atoms with Gasteiger partial charge in [0.1, 0.15) is 16.5 Å². The van der Waals surface area contributed by atoms with Gasteiger partial charge in [-0.15, -0.1) is 0 Å². The predicted molar refractivity (Wildman–Crippen MR) is 97.8 cm³/mol. The van der Waals surface area contributed by atoms with Gasteiger partial charge in [-0.25, -0.2) is 4.90 Å². The van der Waals surface area contributed by atoms with Gasteiger partial charge in [0.2, 0.25) is 0 Å². The quantitative estimate of drug-likeness (QED) is 0.649. The molecule has 128 valence electrons. The van der Waals surface area contributed by atoms with Gasteiger partial charge in [-0.2, -0.15) is 0 Å². The van der Waals surface area contributed by atoms with Crippen molar-refractivity contribution >= 4 is 34.8 Å². The van der Waals surface area contributed by atoms with Crippen LogP contribution in [0, 0.1) is 20.8 Å². The Labute approximate surface area is 150 Å². The number of hydrogen-bond acceptors (Lipinski definition) is 4. The Balaban J connectivity index is 2.00. The maximum Gasteiger partial charge on any atom is 0.283 e.